The van der Waals surface area contributed by atoms with Crippen LogP contribution in [0.4, 0.5) is 8.78 Å². The first-order valence-electron chi connectivity index (χ1n) is 8.07. The molecule has 0 amide bonds. The molecule has 0 bridgehead atoms. The number of alkyl halides is 2. The molecule has 1 aliphatic rings. The summed E-state index contributed by atoms with van der Waals surface area (Å²) in [6, 6.07) is 8.48. The van der Waals surface area contributed by atoms with Gasteiger partial charge in [0.05, 0.1) is 5.69 Å². The van der Waals surface area contributed by atoms with Gasteiger partial charge in [0.15, 0.2) is 5.82 Å². The standard InChI is InChI=1S/C17H17F2N5O/c18-17(19)25-14-4-2-12(3-5-14)23-9-7-21-16(23)15-10-13-11-20-6-1-8-24(13)22-15/h2-5,7,9-10,17,20H,1,6,8,11H2. The zero-order chi connectivity index (χ0) is 17.2. The van der Waals surface area contributed by atoms with Crippen LogP contribution >= 0.6 is 0 Å². The molecule has 25 heavy (non-hydrogen) atoms. The summed E-state index contributed by atoms with van der Waals surface area (Å²) < 4.78 is 32.8. The first-order valence-corrected chi connectivity index (χ1v) is 8.07. The van der Waals surface area contributed by atoms with Crippen molar-refractivity contribution in [3.8, 4) is 23.0 Å². The Labute approximate surface area is 143 Å². The van der Waals surface area contributed by atoms with Crippen LogP contribution in [0.5, 0.6) is 5.75 Å². The number of benzene rings is 1. The molecule has 0 unspecified atom stereocenters. The second-order valence-corrected chi connectivity index (χ2v) is 5.77. The number of fused-ring (bicyclic) bond motifs is 1. The lowest BCUT2D eigenvalue weighted by atomic mass is 10.3. The van der Waals surface area contributed by atoms with Crippen LogP contribution in [0.25, 0.3) is 17.2 Å². The van der Waals surface area contributed by atoms with Crippen LogP contribution in [0.1, 0.15) is 12.1 Å². The van der Waals surface area contributed by atoms with Gasteiger partial charge in [-0.1, -0.05) is 0 Å². The fraction of sp³-hybridized carbons (Fsp3) is 0.294. The van der Waals surface area contributed by atoms with E-state index in [9.17, 15) is 8.78 Å². The third-order valence-corrected chi connectivity index (χ3v) is 4.10. The molecule has 1 aliphatic heterocycles. The number of aryl methyl sites for hydroxylation is 1. The van der Waals surface area contributed by atoms with E-state index in [0.717, 1.165) is 43.1 Å². The molecule has 0 fully saturated rings. The Morgan fingerprint density at radius 2 is 2.04 bits per heavy atom. The molecule has 1 N–H and O–H groups in total. The van der Waals surface area contributed by atoms with Crippen LogP contribution < -0.4 is 10.1 Å². The van der Waals surface area contributed by atoms with Gasteiger partial charge in [0, 0.05) is 31.2 Å². The van der Waals surface area contributed by atoms with Crippen molar-refractivity contribution >= 4 is 0 Å². The van der Waals surface area contributed by atoms with Crippen LogP contribution in [-0.4, -0.2) is 32.5 Å². The van der Waals surface area contributed by atoms with Crippen molar-refractivity contribution in [3.05, 3.63) is 48.4 Å². The van der Waals surface area contributed by atoms with Gasteiger partial charge in [0.2, 0.25) is 0 Å². The normalized spacial score (nSPS) is 14.4. The summed E-state index contributed by atoms with van der Waals surface area (Å²) >= 11 is 0. The maximum Gasteiger partial charge on any atom is 0.387 e. The second-order valence-electron chi connectivity index (χ2n) is 5.77. The molecule has 0 spiro atoms. The van der Waals surface area contributed by atoms with Gasteiger partial charge in [-0.15, -0.1) is 0 Å². The highest BCUT2D eigenvalue weighted by atomic mass is 19.3. The summed E-state index contributed by atoms with van der Waals surface area (Å²) in [7, 11) is 0. The van der Waals surface area contributed by atoms with Crippen LogP contribution in [0, 0.1) is 0 Å². The van der Waals surface area contributed by atoms with Gasteiger partial charge in [-0.25, -0.2) is 4.98 Å². The van der Waals surface area contributed by atoms with Crippen LogP contribution in [-0.2, 0) is 13.1 Å². The minimum atomic E-state index is -2.83. The zero-order valence-electron chi connectivity index (χ0n) is 13.4. The SMILES string of the molecule is FC(F)Oc1ccc(-n2ccnc2-c2cc3n(n2)CCCNC3)cc1. The lowest BCUT2D eigenvalue weighted by molar-refractivity contribution is -0.0498. The van der Waals surface area contributed by atoms with Gasteiger partial charge < -0.3 is 10.1 Å². The molecule has 2 aromatic heterocycles. The zero-order valence-corrected chi connectivity index (χ0v) is 13.4. The van der Waals surface area contributed by atoms with Crippen molar-refractivity contribution in [2.45, 2.75) is 26.1 Å². The Kier molecular flexibility index (Phi) is 4.19. The van der Waals surface area contributed by atoms with E-state index < -0.39 is 6.61 Å². The van der Waals surface area contributed by atoms with E-state index in [1.54, 1.807) is 18.3 Å². The summed E-state index contributed by atoms with van der Waals surface area (Å²) in [5.41, 5.74) is 2.72. The minimum absolute atomic E-state index is 0.125. The Morgan fingerprint density at radius 1 is 1.20 bits per heavy atom. The number of aromatic nitrogens is 4. The lowest BCUT2D eigenvalue weighted by Crippen LogP contribution is -2.11. The predicted molar refractivity (Wildman–Crippen MR) is 87.7 cm³/mol. The fourth-order valence-electron chi connectivity index (χ4n) is 2.96. The molecule has 4 rings (SSSR count). The topological polar surface area (TPSA) is 56.9 Å². The van der Waals surface area contributed by atoms with E-state index >= 15 is 0 Å². The summed E-state index contributed by atoms with van der Waals surface area (Å²) in [4.78, 5) is 4.42. The van der Waals surface area contributed by atoms with Gasteiger partial charge in [0.1, 0.15) is 11.4 Å². The van der Waals surface area contributed by atoms with E-state index in [2.05, 4.69) is 20.1 Å². The average molecular weight is 345 g/mol. The van der Waals surface area contributed by atoms with Crippen LogP contribution in [0.3, 0.4) is 0 Å². The first kappa shape index (κ1) is 15.8. The highest BCUT2D eigenvalue weighted by molar-refractivity contribution is 5.55. The fourth-order valence-corrected chi connectivity index (χ4v) is 2.96. The Morgan fingerprint density at radius 3 is 2.84 bits per heavy atom. The molecule has 0 radical (unpaired) electrons. The van der Waals surface area contributed by atoms with Crippen molar-refractivity contribution in [1.82, 2.24) is 24.6 Å². The van der Waals surface area contributed by atoms with Crippen LogP contribution in [0.2, 0.25) is 0 Å². The maximum absolute atomic E-state index is 12.3. The minimum Gasteiger partial charge on any atom is -0.435 e. The Balaban J connectivity index is 1.64. The smallest absolute Gasteiger partial charge is 0.387 e. The number of halogens is 2. The predicted octanol–water partition coefficient (Wildman–Crippen LogP) is 2.83. The number of nitrogens with one attached hydrogen (secondary N) is 1. The highest BCUT2D eigenvalue weighted by Gasteiger charge is 2.16. The summed E-state index contributed by atoms with van der Waals surface area (Å²) in [5, 5.41) is 8.03. The first-order chi connectivity index (χ1) is 12.2. The number of nitrogens with zero attached hydrogens (tertiary/aromatic N) is 4. The summed E-state index contributed by atoms with van der Waals surface area (Å²) in [5.74, 6) is 0.836. The second kappa shape index (κ2) is 6.64. The molecule has 6 nitrogen and oxygen atoms in total. The summed E-state index contributed by atoms with van der Waals surface area (Å²) in [6.45, 7) is -0.180. The quantitative estimate of drug-likeness (QED) is 0.790. The van der Waals surface area contributed by atoms with Crippen molar-refractivity contribution < 1.29 is 13.5 Å². The molecule has 1 aromatic carbocycles. The highest BCUT2D eigenvalue weighted by Crippen LogP contribution is 2.24. The third kappa shape index (κ3) is 3.25. The van der Waals surface area contributed by atoms with Gasteiger partial charge in [-0.3, -0.25) is 9.25 Å². The number of ether oxygens (including phenoxy) is 1. The molecule has 3 aromatic rings. The van der Waals surface area contributed by atoms with Crippen molar-refractivity contribution in [1.29, 1.82) is 0 Å². The van der Waals surface area contributed by atoms with Crippen molar-refractivity contribution in [2.75, 3.05) is 6.54 Å². The molecule has 3 heterocycles. The molecule has 130 valence electrons. The van der Waals surface area contributed by atoms with E-state index in [-0.39, 0.29) is 5.75 Å². The van der Waals surface area contributed by atoms with Crippen molar-refractivity contribution in [2.24, 2.45) is 0 Å². The molecule has 0 aliphatic carbocycles. The Hall–Kier alpha value is -2.74. The van der Waals surface area contributed by atoms with E-state index in [1.807, 2.05) is 21.5 Å². The molecule has 0 saturated carbocycles. The van der Waals surface area contributed by atoms with Gasteiger partial charge in [0.25, 0.3) is 0 Å². The summed E-state index contributed by atoms with van der Waals surface area (Å²) in [6.07, 6.45) is 4.55. The lowest BCUT2D eigenvalue weighted by Gasteiger charge is -2.08. The maximum atomic E-state index is 12.3. The molecule has 8 heteroatoms. The molecular formula is C17H17F2N5O. The number of rotatable bonds is 4. The molecule has 0 saturated heterocycles. The van der Waals surface area contributed by atoms with Crippen LogP contribution in [0.15, 0.2) is 42.7 Å². The number of hydrogen-bond acceptors (Lipinski definition) is 4. The van der Waals surface area contributed by atoms with E-state index in [4.69, 9.17) is 0 Å². The van der Waals surface area contributed by atoms with E-state index in [1.165, 1.54) is 12.1 Å². The average Bonchev–Trinajstić information content (AvgIpc) is 3.17. The van der Waals surface area contributed by atoms with Gasteiger partial charge in [-0.05, 0) is 43.3 Å². The van der Waals surface area contributed by atoms with Crippen molar-refractivity contribution in [3.63, 3.8) is 0 Å². The van der Waals surface area contributed by atoms with Gasteiger partial charge in [-0.2, -0.15) is 13.9 Å². The number of hydrogen-bond donors (Lipinski definition) is 1. The molecular weight excluding hydrogens is 328 g/mol. The Bertz CT molecular complexity index is 833. The third-order valence-electron chi connectivity index (χ3n) is 4.10. The monoisotopic (exact) mass is 345 g/mol. The van der Waals surface area contributed by atoms with Gasteiger partial charge >= 0.3 is 6.61 Å². The molecule has 0 atom stereocenters. The largest absolute Gasteiger partial charge is 0.435 e. The van der Waals surface area contributed by atoms with E-state index in [0.29, 0.717) is 5.82 Å². The number of imidazole rings is 1.